The van der Waals surface area contributed by atoms with Crippen LogP contribution in [0.2, 0.25) is 0 Å². The molecule has 1 aliphatic rings. The van der Waals surface area contributed by atoms with Gasteiger partial charge in [-0.05, 0) is 72.1 Å². The maximum atomic E-state index is 13.2. The van der Waals surface area contributed by atoms with Gasteiger partial charge < -0.3 is 9.47 Å². The first-order valence-corrected chi connectivity index (χ1v) is 13.8. The van der Waals surface area contributed by atoms with Gasteiger partial charge in [0.05, 0.1) is 24.4 Å². The van der Waals surface area contributed by atoms with Crippen LogP contribution in [0.15, 0.2) is 72.8 Å². The van der Waals surface area contributed by atoms with Crippen LogP contribution in [-0.2, 0) is 22.6 Å². The fraction of sp³-hybridized carbons (Fsp3) is 0.394. The Kier molecular flexibility index (Phi) is 9.58. The number of carbonyl (C=O) groups is 2. The molecule has 1 saturated carbocycles. The molecule has 0 unspecified atom stereocenters. The summed E-state index contributed by atoms with van der Waals surface area (Å²) < 4.78 is 11.1. The van der Waals surface area contributed by atoms with Crippen LogP contribution in [0.3, 0.4) is 0 Å². The number of carbonyl (C=O) groups excluding carboxylic acids is 2. The molecule has 4 rings (SSSR count). The lowest BCUT2D eigenvalue weighted by Gasteiger charge is -2.26. The summed E-state index contributed by atoms with van der Waals surface area (Å²) in [6.07, 6.45) is 6.06. The van der Waals surface area contributed by atoms with Crippen molar-refractivity contribution < 1.29 is 19.1 Å². The van der Waals surface area contributed by atoms with Crippen molar-refractivity contribution in [3.63, 3.8) is 0 Å². The Morgan fingerprint density at radius 1 is 0.868 bits per heavy atom. The maximum absolute atomic E-state index is 13.2. The predicted octanol–water partition coefficient (Wildman–Crippen LogP) is 8.20. The van der Waals surface area contributed by atoms with E-state index in [-0.39, 0.29) is 12.5 Å². The molecular formula is C33H39NO4. The third-order valence-electron chi connectivity index (χ3n) is 7.09. The summed E-state index contributed by atoms with van der Waals surface area (Å²) >= 11 is 0. The minimum absolute atomic E-state index is 0.213. The minimum Gasteiger partial charge on any atom is -0.457 e. The van der Waals surface area contributed by atoms with Crippen molar-refractivity contribution in [1.82, 2.24) is 0 Å². The number of benzene rings is 3. The Morgan fingerprint density at radius 3 is 2.24 bits per heavy atom. The monoisotopic (exact) mass is 513 g/mol. The van der Waals surface area contributed by atoms with E-state index < -0.39 is 12.1 Å². The lowest BCUT2D eigenvalue weighted by molar-refractivity contribution is 0.0472. The Morgan fingerprint density at radius 2 is 1.58 bits per heavy atom. The standard InChI is InChI=1S/C33H39NO4/c1-24(2)22-38-33(36)34(21-26-14-16-29(17-15-26)28-12-8-5-9-13-28)31-19-18-30(20-25(31)3)32(35)37-23-27-10-6-4-7-11-27/h4,6-7,10-11,14-20,24,28H,5,8-9,12-13,21-23H2,1-3H3. The number of amides is 1. The molecule has 0 spiro atoms. The van der Waals surface area contributed by atoms with Crippen molar-refractivity contribution in [3.8, 4) is 0 Å². The topological polar surface area (TPSA) is 55.8 Å². The van der Waals surface area contributed by atoms with E-state index in [0.29, 0.717) is 24.6 Å². The van der Waals surface area contributed by atoms with Crippen molar-refractivity contribution in [2.45, 2.75) is 71.9 Å². The molecular weight excluding hydrogens is 474 g/mol. The van der Waals surface area contributed by atoms with Crippen LogP contribution in [0.5, 0.6) is 0 Å². The van der Waals surface area contributed by atoms with E-state index in [1.54, 1.807) is 17.0 Å². The largest absolute Gasteiger partial charge is 0.457 e. The van der Waals surface area contributed by atoms with Crippen molar-refractivity contribution in [2.24, 2.45) is 5.92 Å². The Bertz CT molecular complexity index is 1200. The molecule has 0 N–H and O–H groups in total. The van der Waals surface area contributed by atoms with Gasteiger partial charge in [-0.1, -0.05) is 87.7 Å². The van der Waals surface area contributed by atoms with Gasteiger partial charge in [-0.15, -0.1) is 0 Å². The SMILES string of the molecule is Cc1cc(C(=O)OCc2ccccc2)ccc1N(Cc1ccc(C2CCCCC2)cc1)C(=O)OCC(C)C. The molecule has 0 radical (unpaired) electrons. The van der Waals surface area contributed by atoms with Gasteiger partial charge >= 0.3 is 12.1 Å². The van der Waals surface area contributed by atoms with Gasteiger partial charge in [-0.25, -0.2) is 9.59 Å². The fourth-order valence-electron chi connectivity index (χ4n) is 4.97. The van der Waals surface area contributed by atoms with Crippen LogP contribution < -0.4 is 4.90 Å². The van der Waals surface area contributed by atoms with E-state index in [4.69, 9.17) is 9.47 Å². The molecule has 0 aliphatic heterocycles. The van der Waals surface area contributed by atoms with Crippen LogP contribution in [0.1, 0.15) is 84.5 Å². The normalized spacial score (nSPS) is 13.8. The molecule has 1 fully saturated rings. The highest BCUT2D eigenvalue weighted by molar-refractivity contribution is 5.93. The molecule has 38 heavy (non-hydrogen) atoms. The smallest absolute Gasteiger partial charge is 0.414 e. The highest BCUT2D eigenvalue weighted by Crippen LogP contribution is 2.33. The Hall–Kier alpha value is -3.60. The summed E-state index contributed by atoms with van der Waals surface area (Å²) in [4.78, 5) is 27.6. The van der Waals surface area contributed by atoms with E-state index in [1.807, 2.05) is 57.2 Å². The number of ether oxygens (including phenoxy) is 2. The highest BCUT2D eigenvalue weighted by atomic mass is 16.6. The minimum atomic E-state index is -0.393. The summed E-state index contributed by atoms with van der Waals surface area (Å²) in [5, 5.41) is 0. The summed E-state index contributed by atoms with van der Waals surface area (Å²) in [6.45, 7) is 6.88. The summed E-state index contributed by atoms with van der Waals surface area (Å²) in [5.74, 6) is 0.482. The average Bonchev–Trinajstić information content (AvgIpc) is 2.95. The van der Waals surface area contributed by atoms with Crippen molar-refractivity contribution in [1.29, 1.82) is 0 Å². The summed E-state index contributed by atoms with van der Waals surface area (Å²) in [5.41, 5.74) is 5.33. The number of rotatable bonds is 9. The van der Waals surface area contributed by atoms with E-state index >= 15 is 0 Å². The second-order valence-corrected chi connectivity index (χ2v) is 10.7. The number of hydrogen-bond acceptors (Lipinski definition) is 4. The van der Waals surface area contributed by atoms with E-state index in [9.17, 15) is 9.59 Å². The van der Waals surface area contributed by atoms with Crippen LogP contribution >= 0.6 is 0 Å². The second-order valence-electron chi connectivity index (χ2n) is 10.7. The number of esters is 1. The number of nitrogens with zero attached hydrogens (tertiary/aromatic N) is 1. The van der Waals surface area contributed by atoms with Crippen LogP contribution in [-0.4, -0.2) is 18.7 Å². The van der Waals surface area contributed by atoms with E-state index in [2.05, 4.69) is 24.3 Å². The first-order valence-electron chi connectivity index (χ1n) is 13.8. The lowest BCUT2D eigenvalue weighted by Crippen LogP contribution is -2.32. The summed E-state index contributed by atoms with van der Waals surface area (Å²) in [6, 6.07) is 23.6. The zero-order chi connectivity index (χ0) is 26.9. The lowest BCUT2D eigenvalue weighted by atomic mass is 9.84. The van der Waals surface area contributed by atoms with Gasteiger partial charge in [0.15, 0.2) is 0 Å². The van der Waals surface area contributed by atoms with Gasteiger partial charge in [0, 0.05) is 0 Å². The number of aryl methyl sites for hydroxylation is 1. The van der Waals surface area contributed by atoms with Gasteiger partial charge in [-0.3, -0.25) is 4.90 Å². The van der Waals surface area contributed by atoms with Crippen LogP contribution in [0.4, 0.5) is 10.5 Å². The van der Waals surface area contributed by atoms with Crippen LogP contribution in [0, 0.1) is 12.8 Å². The van der Waals surface area contributed by atoms with Gasteiger partial charge in [0.25, 0.3) is 0 Å². The first-order chi connectivity index (χ1) is 18.4. The Balaban J connectivity index is 1.50. The molecule has 1 amide bonds. The highest BCUT2D eigenvalue weighted by Gasteiger charge is 2.22. The predicted molar refractivity (Wildman–Crippen MR) is 151 cm³/mol. The van der Waals surface area contributed by atoms with Gasteiger partial charge in [-0.2, -0.15) is 0 Å². The Labute approximate surface area is 226 Å². The zero-order valence-electron chi connectivity index (χ0n) is 22.8. The molecule has 0 aromatic heterocycles. The van der Waals surface area contributed by atoms with E-state index in [1.165, 1.54) is 37.7 Å². The molecule has 0 heterocycles. The molecule has 200 valence electrons. The quantitative estimate of drug-likeness (QED) is 0.271. The van der Waals surface area contributed by atoms with E-state index in [0.717, 1.165) is 22.4 Å². The third-order valence-corrected chi connectivity index (χ3v) is 7.09. The molecule has 1 aliphatic carbocycles. The zero-order valence-corrected chi connectivity index (χ0v) is 22.8. The first kappa shape index (κ1) is 27.4. The summed E-state index contributed by atoms with van der Waals surface area (Å²) in [7, 11) is 0. The van der Waals surface area contributed by atoms with Gasteiger partial charge in [0.1, 0.15) is 6.61 Å². The maximum Gasteiger partial charge on any atom is 0.414 e. The molecule has 0 saturated heterocycles. The van der Waals surface area contributed by atoms with Crippen molar-refractivity contribution in [3.05, 3.63) is 101 Å². The molecule has 5 heteroatoms. The fourth-order valence-corrected chi connectivity index (χ4v) is 4.97. The molecule has 0 atom stereocenters. The molecule has 5 nitrogen and oxygen atoms in total. The molecule has 3 aromatic carbocycles. The number of anilines is 1. The van der Waals surface area contributed by atoms with Crippen molar-refractivity contribution in [2.75, 3.05) is 11.5 Å². The van der Waals surface area contributed by atoms with Gasteiger partial charge in [0.2, 0.25) is 0 Å². The van der Waals surface area contributed by atoms with Crippen molar-refractivity contribution >= 4 is 17.7 Å². The van der Waals surface area contributed by atoms with Crippen LogP contribution in [0.25, 0.3) is 0 Å². The third kappa shape index (κ3) is 7.47. The molecule has 0 bridgehead atoms. The second kappa shape index (κ2) is 13.3. The average molecular weight is 514 g/mol. The number of hydrogen-bond donors (Lipinski definition) is 0. The molecule has 3 aromatic rings.